The summed E-state index contributed by atoms with van der Waals surface area (Å²) in [7, 11) is 0. The third kappa shape index (κ3) is 3.52. The van der Waals surface area contributed by atoms with Gasteiger partial charge < -0.3 is 10.6 Å². The monoisotopic (exact) mass is 265 g/mol. The van der Waals surface area contributed by atoms with Crippen LogP contribution < -0.4 is 10.6 Å². The molecule has 0 aromatic heterocycles. The van der Waals surface area contributed by atoms with E-state index < -0.39 is 0 Å². The lowest BCUT2D eigenvalue weighted by Gasteiger charge is -2.37. The summed E-state index contributed by atoms with van der Waals surface area (Å²) >= 11 is 0. The highest BCUT2D eigenvalue weighted by Crippen LogP contribution is 2.16. The van der Waals surface area contributed by atoms with E-state index in [0.717, 1.165) is 25.2 Å². The van der Waals surface area contributed by atoms with Crippen LogP contribution in [0.1, 0.15) is 12.5 Å². The largest absolute Gasteiger partial charge is 0.325 e. The molecule has 104 valence electrons. The Labute approximate surface area is 113 Å². The van der Waals surface area contributed by atoms with Crippen molar-refractivity contribution in [2.45, 2.75) is 19.9 Å². The number of amides is 1. The van der Waals surface area contributed by atoms with E-state index in [-0.39, 0.29) is 11.7 Å². The maximum absolute atomic E-state index is 13.1. The van der Waals surface area contributed by atoms with Crippen LogP contribution in [0.5, 0.6) is 0 Å². The SMILES string of the molecule is CCN(CC(=O)Nc1cc(F)ccc1C)C1CNC1. The number of hydrogen-bond acceptors (Lipinski definition) is 3. The van der Waals surface area contributed by atoms with Crippen LogP contribution in [-0.2, 0) is 4.79 Å². The Bertz CT molecular complexity index is 460. The number of hydrogen-bond donors (Lipinski definition) is 2. The minimum Gasteiger partial charge on any atom is -0.325 e. The first-order valence-electron chi connectivity index (χ1n) is 6.61. The number of nitrogens with one attached hydrogen (secondary N) is 2. The van der Waals surface area contributed by atoms with Crippen molar-refractivity contribution in [3.8, 4) is 0 Å². The molecule has 1 aliphatic heterocycles. The van der Waals surface area contributed by atoms with Gasteiger partial charge in [-0.05, 0) is 31.2 Å². The second-order valence-electron chi connectivity index (χ2n) is 4.88. The third-order valence-corrected chi connectivity index (χ3v) is 3.50. The molecular formula is C14H20FN3O. The van der Waals surface area contributed by atoms with Crippen LogP contribution in [0.4, 0.5) is 10.1 Å². The number of aryl methyl sites for hydroxylation is 1. The van der Waals surface area contributed by atoms with E-state index in [0.29, 0.717) is 18.3 Å². The fraction of sp³-hybridized carbons (Fsp3) is 0.500. The number of anilines is 1. The number of nitrogens with zero attached hydrogens (tertiary/aromatic N) is 1. The van der Waals surface area contributed by atoms with Gasteiger partial charge in [0.15, 0.2) is 0 Å². The Morgan fingerprint density at radius 3 is 2.84 bits per heavy atom. The molecule has 1 fully saturated rings. The Morgan fingerprint density at radius 1 is 1.53 bits per heavy atom. The van der Waals surface area contributed by atoms with Gasteiger partial charge in [0, 0.05) is 24.8 Å². The van der Waals surface area contributed by atoms with E-state index in [2.05, 4.69) is 15.5 Å². The molecule has 1 heterocycles. The second kappa shape index (κ2) is 6.12. The molecule has 0 atom stereocenters. The van der Waals surface area contributed by atoms with E-state index in [4.69, 9.17) is 0 Å². The van der Waals surface area contributed by atoms with Crippen LogP contribution in [0, 0.1) is 12.7 Å². The molecule has 0 bridgehead atoms. The van der Waals surface area contributed by atoms with Gasteiger partial charge in [0.1, 0.15) is 5.82 Å². The minimum absolute atomic E-state index is 0.0950. The van der Waals surface area contributed by atoms with Gasteiger partial charge in [-0.15, -0.1) is 0 Å². The summed E-state index contributed by atoms with van der Waals surface area (Å²) in [4.78, 5) is 14.1. The lowest BCUT2D eigenvalue weighted by atomic mass is 10.1. The molecular weight excluding hydrogens is 245 g/mol. The molecule has 0 spiro atoms. The first-order chi connectivity index (χ1) is 9.10. The van der Waals surface area contributed by atoms with E-state index in [1.165, 1.54) is 12.1 Å². The highest BCUT2D eigenvalue weighted by atomic mass is 19.1. The van der Waals surface area contributed by atoms with Crippen molar-refractivity contribution >= 4 is 11.6 Å². The quantitative estimate of drug-likeness (QED) is 0.845. The molecule has 0 saturated carbocycles. The maximum atomic E-state index is 13.1. The molecule has 1 aliphatic rings. The van der Waals surface area contributed by atoms with Gasteiger partial charge in [-0.25, -0.2) is 4.39 Å². The smallest absolute Gasteiger partial charge is 0.238 e. The van der Waals surface area contributed by atoms with E-state index in [1.807, 2.05) is 13.8 Å². The second-order valence-corrected chi connectivity index (χ2v) is 4.88. The Balaban J connectivity index is 1.94. The zero-order chi connectivity index (χ0) is 13.8. The van der Waals surface area contributed by atoms with Crippen LogP contribution in [-0.4, -0.2) is 43.0 Å². The zero-order valence-corrected chi connectivity index (χ0v) is 11.4. The van der Waals surface area contributed by atoms with Gasteiger partial charge in [-0.3, -0.25) is 9.69 Å². The van der Waals surface area contributed by atoms with Gasteiger partial charge in [0.25, 0.3) is 0 Å². The van der Waals surface area contributed by atoms with E-state index in [1.54, 1.807) is 6.07 Å². The highest BCUT2D eigenvalue weighted by Gasteiger charge is 2.24. The predicted octanol–water partition coefficient (Wildman–Crippen LogP) is 1.37. The molecule has 1 aromatic rings. The van der Waals surface area contributed by atoms with Crippen LogP contribution in [0.25, 0.3) is 0 Å². The first-order valence-corrected chi connectivity index (χ1v) is 6.61. The van der Waals surface area contributed by atoms with Crippen LogP contribution in [0.3, 0.4) is 0 Å². The normalized spacial score (nSPS) is 15.4. The van der Waals surface area contributed by atoms with Crippen LogP contribution in [0.15, 0.2) is 18.2 Å². The molecule has 4 nitrogen and oxygen atoms in total. The summed E-state index contributed by atoms with van der Waals surface area (Å²) in [6, 6.07) is 4.85. The standard InChI is InChI=1S/C14H20FN3O/c1-3-18(12-7-16-8-12)9-14(19)17-13-6-11(15)5-4-10(13)2/h4-6,12,16H,3,7-9H2,1-2H3,(H,17,19). The summed E-state index contributed by atoms with van der Waals surface area (Å²) in [5, 5.41) is 5.97. The highest BCUT2D eigenvalue weighted by molar-refractivity contribution is 5.93. The molecule has 2 N–H and O–H groups in total. The van der Waals surface area contributed by atoms with Gasteiger partial charge in [-0.1, -0.05) is 13.0 Å². The summed E-state index contributed by atoms with van der Waals surface area (Å²) < 4.78 is 13.1. The fourth-order valence-corrected chi connectivity index (χ4v) is 2.13. The van der Waals surface area contributed by atoms with E-state index in [9.17, 15) is 9.18 Å². The average Bonchev–Trinajstić information content (AvgIpc) is 2.30. The lowest BCUT2D eigenvalue weighted by molar-refractivity contribution is -0.118. The van der Waals surface area contributed by atoms with Crippen molar-refractivity contribution in [1.29, 1.82) is 0 Å². The van der Waals surface area contributed by atoms with Gasteiger partial charge >= 0.3 is 0 Å². The Kier molecular flexibility index (Phi) is 4.50. The Morgan fingerprint density at radius 2 is 2.26 bits per heavy atom. The van der Waals surface area contributed by atoms with Crippen molar-refractivity contribution in [2.24, 2.45) is 0 Å². The molecule has 1 aromatic carbocycles. The third-order valence-electron chi connectivity index (χ3n) is 3.50. The van der Waals surface area contributed by atoms with Crippen molar-refractivity contribution in [3.63, 3.8) is 0 Å². The first kappa shape index (κ1) is 14.0. The molecule has 2 rings (SSSR count). The molecule has 1 saturated heterocycles. The van der Waals surface area contributed by atoms with E-state index >= 15 is 0 Å². The van der Waals surface area contributed by atoms with Gasteiger partial charge in [0.2, 0.25) is 5.91 Å². The number of carbonyl (C=O) groups excluding carboxylic acids is 1. The topological polar surface area (TPSA) is 44.4 Å². The predicted molar refractivity (Wildman–Crippen MR) is 73.7 cm³/mol. The van der Waals surface area contributed by atoms with Crippen LogP contribution in [0.2, 0.25) is 0 Å². The number of benzene rings is 1. The summed E-state index contributed by atoms with van der Waals surface area (Å²) in [6.45, 7) is 6.93. The summed E-state index contributed by atoms with van der Waals surface area (Å²) in [6.07, 6.45) is 0. The maximum Gasteiger partial charge on any atom is 0.238 e. The molecule has 0 aliphatic carbocycles. The zero-order valence-electron chi connectivity index (χ0n) is 11.4. The Hall–Kier alpha value is -1.46. The molecule has 1 amide bonds. The molecule has 5 heteroatoms. The van der Waals surface area contributed by atoms with Crippen molar-refractivity contribution < 1.29 is 9.18 Å². The average molecular weight is 265 g/mol. The number of carbonyl (C=O) groups is 1. The summed E-state index contributed by atoms with van der Waals surface area (Å²) in [5.74, 6) is -0.432. The van der Waals surface area contributed by atoms with Crippen molar-refractivity contribution in [1.82, 2.24) is 10.2 Å². The van der Waals surface area contributed by atoms with Crippen LogP contribution >= 0.6 is 0 Å². The number of likely N-dealkylation sites (N-methyl/N-ethyl adjacent to an activating group) is 1. The minimum atomic E-state index is -0.337. The lowest BCUT2D eigenvalue weighted by Crippen LogP contribution is -2.58. The van der Waals surface area contributed by atoms with Crippen molar-refractivity contribution in [2.75, 3.05) is 31.5 Å². The fourth-order valence-electron chi connectivity index (χ4n) is 2.13. The molecule has 19 heavy (non-hydrogen) atoms. The van der Waals surface area contributed by atoms with Gasteiger partial charge in [-0.2, -0.15) is 0 Å². The molecule has 0 unspecified atom stereocenters. The summed E-state index contributed by atoms with van der Waals surface area (Å²) in [5.41, 5.74) is 1.41. The molecule has 0 radical (unpaired) electrons. The number of rotatable bonds is 5. The number of halogens is 1. The van der Waals surface area contributed by atoms with Gasteiger partial charge in [0.05, 0.1) is 6.54 Å². The van der Waals surface area contributed by atoms with Crippen molar-refractivity contribution in [3.05, 3.63) is 29.6 Å².